The molecule has 1 aromatic carbocycles. The van der Waals surface area contributed by atoms with Gasteiger partial charge in [-0.1, -0.05) is 45.2 Å². The third-order valence-corrected chi connectivity index (χ3v) is 6.69. The Bertz CT molecular complexity index is 813. The van der Waals surface area contributed by atoms with Crippen molar-refractivity contribution in [3.8, 4) is 0 Å². The molecule has 1 aliphatic heterocycles. The molecule has 1 aliphatic carbocycles. The van der Waals surface area contributed by atoms with Crippen molar-refractivity contribution in [2.45, 2.75) is 71.3 Å². The molecule has 0 unspecified atom stereocenters. The number of carbonyl (C=O) groups is 1. The zero-order chi connectivity index (χ0) is 20.2. The molecular formula is C24H36N4O. The van der Waals surface area contributed by atoms with Gasteiger partial charge in [0.15, 0.2) is 0 Å². The number of carbonyl (C=O) groups excluding carboxylic acids is 1. The Balaban J connectivity index is 1.46. The first-order valence-electron chi connectivity index (χ1n) is 11.6. The summed E-state index contributed by atoms with van der Waals surface area (Å²) in [6, 6.07) is 9.12. The number of imidazole rings is 1. The van der Waals surface area contributed by atoms with Gasteiger partial charge in [-0.05, 0) is 50.2 Å². The van der Waals surface area contributed by atoms with Gasteiger partial charge in [0, 0.05) is 31.6 Å². The molecule has 1 saturated carbocycles. The summed E-state index contributed by atoms with van der Waals surface area (Å²) in [4.78, 5) is 20.0. The van der Waals surface area contributed by atoms with Crippen LogP contribution in [0.5, 0.6) is 0 Å². The molecule has 0 spiro atoms. The number of hydrogen-bond donors (Lipinski definition) is 1. The van der Waals surface area contributed by atoms with E-state index in [0.717, 1.165) is 50.4 Å². The van der Waals surface area contributed by atoms with Crippen LogP contribution in [0.25, 0.3) is 11.0 Å². The van der Waals surface area contributed by atoms with Gasteiger partial charge < -0.3 is 14.8 Å². The van der Waals surface area contributed by atoms with Crippen LogP contribution in [0, 0.1) is 11.8 Å². The summed E-state index contributed by atoms with van der Waals surface area (Å²) < 4.78 is 2.51. The molecule has 1 aromatic heterocycles. The maximum absolute atomic E-state index is 12.5. The number of nitrogens with zero attached hydrogens (tertiary/aromatic N) is 3. The van der Waals surface area contributed by atoms with E-state index in [1.165, 1.54) is 37.6 Å². The zero-order valence-corrected chi connectivity index (χ0v) is 18.1. The molecule has 2 aliphatic rings. The number of fused-ring (bicyclic) bond motifs is 1. The van der Waals surface area contributed by atoms with Crippen LogP contribution in [-0.2, 0) is 4.79 Å². The average Bonchev–Trinajstić information content (AvgIpc) is 3.14. The Hall–Kier alpha value is -2.04. The van der Waals surface area contributed by atoms with E-state index in [4.69, 9.17) is 4.98 Å². The summed E-state index contributed by atoms with van der Waals surface area (Å²) in [7, 11) is 0. The van der Waals surface area contributed by atoms with Crippen LogP contribution in [-0.4, -0.2) is 35.1 Å². The number of amides is 1. The lowest BCUT2D eigenvalue weighted by molar-refractivity contribution is -0.125. The summed E-state index contributed by atoms with van der Waals surface area (Å²) in [5.74, 6) is 2.14. The molecule has 1 saturated heterocycles. The first kappa shape index (κ1) is 20.2. The fourth-order valence-electron chi connectivity index (χ4n) is 4.92. The highest BCUT2D eigenvalue weighted by Crippen LogP contribution is 2.36. The van der Waals surface area contributed by atoms with Crippen molar-refractivity contribution in [3.63, 3.8) is 0 Å². The lowest BCUT2D eigenvalue weighted by atomic mass is 9.94. The van der Waals surface area contributed by atoms with E-state index in [0.29, 0.717) is 12.0 Å². The first-order valence-corrected chi connectivity index (χ1v) is 11.6. The second kappa shape index (κ2) is 9.19. The van der Waals surface area contributed by atoms with Crippen molar-refractivity contribution in [2.24, 2.45) is 11.8 Å². The molecule has 2 fully saturated rings. The number of rotatable bonds is 6. The van der Waals surface area contributed by atoms with E-state index < -0.39 is 0 Å². The highest BCUT2D eigenvalue weighted by atomic mass is 16.1. The SMILES string of the molecule is CC(C)CCNC(=O)C1CCN(c2nc3ccccc3n2C2CCCCC2)CC1. The summed E-state index contributed by atoms with van der Waals surface area (Å²) >= 11 is 0. The van der Waals surface area contributed by atoms with Crippen LogP contribution in [0.15, 0.2) is 24.3 Å². The molecule has 1 amide bonds. The van der Waals surface area contributed by atoms with Crippen LogP contribution in [0.2, 0.25) is 0 Å². The van der Waals surface area contributed by atoms with Crippen molar-refractivity contribution in [2.75, 3.05) is 24.5 Å². The normalized spacial score (nSPS) is 19.2. The van der Waals surface area contributed by atoms with E-state index in [-0.39, 0.29) is 11.8 Å². The molecule has 4 rings (SSSR count). The van der Waals surface area contributed by atoms with E-state index in [1.807, 2.05) is 0 Å². The van der Waals surface area contributed by atoms with Crippen molar-refractivity contribution >= 4 is 22.9 Å². The van der Waals surface area contributed by atoms with Gasteiger partial charge in [-0.3, -0.25) is 4.79 Å². The van der Waals surface area contributed by atoms with Crippen molar-refractivity contribution < 1.29 is 4.79 Å². The third kappa shape index (κ3) is 4.59. The quantitative estimate of drug-likeness (QED) is 0.754. The fourth-order valence-corrected chi connectivity index (χ4v) is 4.92. The molecule has 2 heterocycles. The van der Waals surface area contributed by atoms with Gasteiger partial charge >= 0.3 is 0 Å². The van der Waals surface area contributed by atoms with Gasteiger partial charge in [0.05, 0.1) is 11.0 Å². The van der Waals surface area contributed by atoms with Crippen LogP contribution in [0.1, 0.15) is 71.3 Å². The Labute approximate surface area is 174 Å². The number of anilines is 1. The molecule has 5 nitrogen and oxygen atoms in total. The lowest BCUT2D eigenvalue weighted by Gasteiger charge is -2.34. The minimum absolute atomic E-state index is 0.144. The van der Waals surface area contributed by atoms with Gasteiger partial charge in [-0.25, -0.2) is 4.98 Å². The topological polar surface area (TPSA) is 50.2 Å². The molecule has 158 valence electrons. The fraction of sp³-hybridized carbons (Fsp3) is 0.667. The molecular weight excluding hydrogens is 360 g/mol. The summed E-state index contributed by atoms with van der Waals surface area (Å²) in [5, 5.41) is 3.14. The Morgan fingerprint density at radius 2 is 1.83 bits per heavy atom. The Morgan fingerprint density at radius 1 is 1.10 bits per heavy atom. The maximum atomic E-state index is 12.5. The maximum Gasteiger partial charge on any atom is 0.223 e. The van der Waals surface area contributed by atoms with Crippen molar-refractivity contribution in [1.29, 1.82) is 0 Å². The van der Waals surface area contributed by atoms with Gasteiger partial charge in [0.1, 0.15) is 0 Å². The predicted octanol–water partition coefficient (Wildman–Crippen LogP) is 4.92. The summed E-state index contributed by atoms with van der Waals surface area (Å²) in [6.07, 6.45) is 9.38. The second-order valence-corrected chi connectivity index (χ2v) is 9.30. The monoisotopic (exact) mass is 396 g/mol. The van der Waals surface area contributed by atoms with E-state index in [9.17, 15) is 4.79 Å². The van der Waals surface area contributed by atoms with E-state index in [1.54, 1.807) is 0 Å². The smallest absolute Gasteiger partial charge is 0.223 e. The lowest BCUT2D eigenvalue weighted by Crippen LogP contribution is -2.42. The molecule has 2 aromatic rings. The van der Waals surface area contributed by atoms with Gasteiger partial charge in [0.2, 0.25) is 11.9 Å². The third-order valence-electron chi connectivity index (χ3n) is 6.69. The molecule has 0 radical (unpaired) electrons. The van der Waals surface area contributed by atoms with E-state index in [2.05, 4.69) is 52.9 Å². The zero-order valence-electron chi connectivity index (χ0n) is 18.1. The number of aromatic nitrogens is 2. The van der Waals surface area contributed by atoms with Crippen molar-refractivity contribution in [1.82, 2.24) is 14.9 Å². The van der Waals surface area contributed by atoms with Gasteiger partial charge in [-0.2, -0.15) is 0 Å². The minimum Gasteiger partial charge on any atom is -0.356 e. The van der Waals surface area contributed by atoms with Gasteiger partial charge in [-0.15, -0.1) is 0 Å². The Kier molecular flexibility index (Phi) is 6.41. The van der Waals surface area contributed by atoms with Crippen LogP contribution < -0.4 is 10.2 Å². The summed E-state index contributed by atoms with van der Waals surface area (Å²) in [5.41, 5.74) is 2.37. The first-order chi connectivity index (χ1) is 14.1. The standard InChI is InChI=1S/C24H36N4O/c1-18(2)12-15-25-23(29)19-13-16-27(17-14-19)24-26-21-10-6-7-11-22(21)28(24)20-8-4-3-5-9-20/h6-7,10-11,18-20H,3-5,8-9,12-17H2,1-2H3,(H,25,29). The number of para-hydroxylation sites is 2. The molecule has 0 atom stereocenters. The second-order valence-electron chi connectivity index (χ2n) is 9.30. The predicted molar refractivity (Wildman–Crippen MR) is 119 cm³/mol. The largest absolute Gasteiger partial charge is 0.356 e. The minimum atomic E-state index is 0.144. The highest BCUT2D eigenvalue weighted by Gasteiger charge is 2.29. The molecule has 5 heteroatoms. The number of benzene rings is 1. The summed E-state index contributed by atoms with van der Waals surface area (Å²) in [6.45, 7) is 7.02. The highest BCUT2D eigenvalue weighted by molar-refractivity contribution is 5.80. The Morgan fingerprint density at radius 3 is 2.55 bits per heavy atom. The molecule has 29 heavy (non-hydrogen) atoms. The molecule has 1 N–H and O–H groups in total. The van der Waals surface area contributed by atoms with Crippen molar-refractivity contribution in [3.05, 3.63) is 24.3 Å². The number of nitrogens with one attached hydrogen (secondary N) is 1. The van der Waals surface area contributed by atoms with Crippen LogP contribution in [0.3, 0.4) is 0 Å². The van der Waals surface area contributed by atoms with Crippen LogP contribution in [0.4, 0.5) is 5.95 Å². The van der Waals surface area contributed by atoms with Gasteiger partial charge in [0.25, 0.3) is 0 Å². The average molecular weight is 397 g/mol. The van der Waals surface area contributed by atoms with E-state index >= 15 is 0 Å². The number of hydrogen-bond acceptors (Lipinski definition) is 3. The van der Waals surface area contributed by atoms with Crippen LogP contribution >= 0.6 is 0 Å². The molecule has 0 bridgehead atoms. The number of piperidine rings is 1.